The largest absolute Gasteiger partial charge is 0.264 e. The van der Waals surface area contributed by atoms with E-state index < -0.39 is 5.41 Å². The van der Waals surface area contributed by atoms with Gasteiger partial charge in [0.25, 0.3) is 0 Å². The molecular formula is C51H32N4. The lowest BCUT2D eigenvalue weighted by molar-refractivity contribution is 0.767. The average Bonchev–Trinajstić information content (AvgIpc) is 3.45. The van der Waals surface area contributed by atoms with E-state index >= 15 is 0 Å². The lowest BCUT2D eigenvalue weighted by Crippen LogP contribution is -2.30. The molecule has 11 rings (SSSR count). The highest BCUT2D eigenvalue weighted by atomic mass is 14.9. The van der Waals surface area contributed by atoms with Crippen LogP contribution in [0.15, 0.2) is 182 Å². The maximum absolute atomic E-state index is 5.28. The van der Waals surface area contributed by atoms with Crippen LogP contribution in [0, 0.1) is 0 Å². The Morgan fingerprint density at radius 1 is 0.382 bits per heavy atom. The molecule has 1 atom stereocenters. The Morgan fingerprint density at radius 2 is 1.05 bits per heavy atom. The number of hydrogen-bond donors (Lipinski definition) is 0. The van der Waals surface area contributed by atoms with E-state index in [4.69, 9.17) is 15.0 Å². The van der Waals surface area contributed by atoms with E-state index in [1.807, 2.05) is 36.7 Å². The van der Waals surface area contributed by atoms with Crippen molar-refractivity contribution in [3.8, 4) is 56.3 Å². The maximum atomic E-state index is 5.28. The van der Waals surface area contributed by atoms with Gasteiger partial charge in [-0.2, -0.15) is 0 Å². The summed E-state index contributed by atoms with van der Waals surface area (Å²) >= 11 is 0. The molecule has 3 heterocycles. The number of pyridine rings is 2. The molecule has 4 heteroatoms. The van der Waals surface area contributed by atoms with Crippen LogP contribution >= 0.6 is 0 Å². The molecule has 0 N–H and O–H groups in total. The van der Waals surface area contributed by atoms with Crippen LogP contribution in [0.5, 0.6) is 0 Å². The van der Waals surface area contributed by atoms with Gasteiger partial charge in [-0.1, -0.05) is 127 Å². The van der Waals surface area contributed by atoms with Crippen LogP contribution in [-0.2, 0) is 5.41 Å². The maximum Gasteiger partial charge on any atom is 0.160 e. The summed E-state index contributed by atoms with van der Waals surface area (Å²) in [7, 11) is 0. The summed E-state index contributed by atoms with van der Waals surface area (Å²) in [6, 6.07) is 58.6. The number of aromatic nitrogens is 4. The minimum absolute atomic E-state index is 0.576. The third-order valence-electron chi connectivity index (χ3n) is 11.2. The van der Waals surface area contributed by atoms with Crippen molar-refractivity contribution >= 4 is 22.9 Å². The molecule has 2 aliphatic rings. The Balaban J connectivity index is 1.16. The number of nitrogens with zero attached hydrogens (tertiary/aromatic N) is 4. The normalized spacial score (nSPS) is 14.9. The van der Waals surface area contributed by atoms with Crippen LogP contribution in [0.2, 0.25) is 0 Å². The van der Waals surface area contributed by atoms with E-state index in [-0.39, 0.29) is 0 Å². The van der Waals surface area contributed by atoms with Gasteiger partial charge in [-0.15, -0.1) is 0 Å². The van der Waals surface area contributed by atoms with Crippen LogP contribution in [-0.4, -0.2) is 19.9 Å². The molecule has 0 amide bonds. The lowest BCUT2D eigenvalue weighted by Gasteiger charge is -2.35. The first-order valence-corrected chi connectivity index (χ1v) is 18.6. The molecule has 0 saturated carbocycles. The van der Waals surface area contributed by atoms with Crippen molar-refractivity contribution in [1.82, 2.24) is 19.9 Å². The molecule has 9 aromatic rings. The van der Waals surface area contributed by atoms with Crippen molar-refractivity contribution in [2.75, 3.05) is 0 Å². The van der Waals surface area contributed by atoms with E-state index in [1.54, 1.807) is 6.20 Å². The number of fused-ring (bicyclic) bond motifs is 10. The van der Waals surface area contributed by atoms with Crippen LogP contribution in [0.3, 0.4) is 0 Å². The van der Waals surface area contributed by atoms with Gasteiger partial charge in [-0.25, -0.2) is 9.97 Å². The van der Waals surface area contributed by atoms with Gasteiger partial charge in [-0.05, 0) is 104 Å². The summed E-state index contributed by atoms with van der Waals surface area (Å²) < 4.78 is 0. The van der Waals surface area contributed by atoms with E-state index in [1.165, 1.54) is 55.3 Å². The van der Waals surface area contributed by atoms with E-state index in [9.17, 15) is 0 Å². The molecule has 0 aliphatic heterocycles. The van der Waals surface area contributed by atoms with E-state index in [2.05, 4.69) is 157 Å². The molecule has 0 saturated heterocycles. The Labute approximate surface area is 319 Å². The van der Waals surface area contributed by atoms with Gasteiger partial charge in [0.15, 0.2) is 5.82 Å². The first-order chi connectivity index (χ1) is 27.2. The molecule has 1 spiro atoms. The molecule has 0 radical (unpaired) electrons. The van der Waals surface area contributed by atoms with Gasteiger partial charge in [0.2, 0.25) is 0 Å². The van der Waals surface area contributed by atoms with Crippen molar-refractivity contribution < 1.29 is 0 Å². The summed E-state index contributed by atoms with van der Waals surface area (Å²) in [6.45, 7) is 0. The van der Waals surface area contributed by atoms with Gasteiger partial charge >= 0.3 is 0 Å². The fraction of sp³-hybridized carbons (Fsp3) is 0.0196. The molecule has 0 bridgehead atoms. The summed E-state index contributed by atoms with van der Waals surface area (Å²) in [4.78, 5) is 19.7. The molecule has 55 heavy (non-hydrogen) atoms. The minimum atomic E-state index is -0.576. The minimum Gasteiger partial charge on any atom is -0.264 e. The summed E-state index contributed by atoms with van der Waals surface area (Å²) in [5.74, 6) is 0.664. The Kier molecular flexibility index (Phi) is 7.04. The first kappa shape index (κ1) is 31.2. The molecule has 1 unspecified atom stereocenters. The third-order valence-corrected chi connectivity index (χ3v) is 11.2. The van der Waals surface area contributed by atoms with Gasteiger partial charge in [-0.3, -0.25) is 9.97 Å². The van der Waals surface area contributed by atoms with Gasteiger partial charge < -0.3 is 0 Å². The van der Waals surface area contributed by atoms with Crippen molar-refractivity contribution in [3.05, 3.63) is 216 Å². The van der Waals surface area contributed by atoms with Crippen LogP contribution in [0.4, 0.5) is 0 Å². The van der Waals surface area contributed by atoms with Crippen LogP contribution in [0.25, 0.3) is 79.2 Å². The molecular weight excluding hydrogens is 669 g/mol. The molecule has 4 nitrogen and oxygen atoms in total. The number of rotatable bonds is 4. The SMILES string of the molecule is C1=Cc2ccc(-c3nc(-c4ccccc4)cc(-c4ccc(-c5cccnc5)nc4)n3)cc2C2(c3ccccc31)c1ccccc1-c1cc3ccccc3cc12. The fourth-order valence-electron chi connectivity index (χ4n) is 8.73. The number of benzene rings is 6. The Bertz CT molecular complexity index is 2970. The second-order valence-electron chi connectivity index (χ2n) is 14.3. The van der Waals surface area contributed by atoms with E-state index in [0.717, 1.165) is 39.3 Å². The summed E-state index contributed by atoms with van der Waals surface area (Å²) in [5, 5.41) is 2.47. The van der Waals surface area contributed by atoms with Crippen molar-refractivity contribution in [2.45, 2.75) is 5.41 Å². The van der Waals surface area contributed by atoms with Crippen molar-refractivity contribution in [1.29, 1.82) is 0 Å². The molecule has 256 valence electrons. The third kappa shape index (κ3) is 4.92. The summed E-state index contributed by atoms with van der Waals surface area (Å²) in [6.07, 6.45) is 10.1. The zero-order valence-electron chi connectivity index (χ0n) is 29.8. The zero-order chi connectivity index (χ0) is 36.3. The lowest BCUT2D eigenvalue weighted by atomic mass is 9.65. The highest BCUT2D eigenvalue weighted by Gasteiger charge is 2.48. The smallest absolute Gasteiger partial charge is 0.160 e. The molecule has 2 aliphatic carbocycles. The monoisotopic (exact) mass is 700 g/mol. The van der Waals surface area contributed by atoms with Crippen molar-refractivity contribution in [2.24, 2.45) is 0 Å². The van der Waals surface area contributed by atoms with Crippen molar-refractivity contribution in [3.63, 3.8) is 0 Å². The Morgan fingerprint density at radius 3 is 1.85 bits per heavy atom. The van der Waals surface area contributed by atoms with Crippen LogP contribution in [0.1, 0.15) is 33.4 Å². The van der Waals surface area contributed by atoms with E-state index in [0.29, 0.717) is 5.82 Å². The quantitative estimate of drug-likeness (QED) is 0.183. The highest BCUT2D eigenvalue weighted by molar-refractivity contribution is 5.98. The predicted molar refractivity (Wildman–Crippen MR) is 223 cm³/mol. The second kappa shape index (κ2) is 12.4. The van der Waals surface area contributed by atoms with Crippen LogP contribution < -0.4 is 0 Å². The Hall–Kier alpha value is -7.30. The van der Waals surface area contributed by atoms with Gasteiger partial charge in [0.1, 0.15) is 0 Å². The standard InChI is InChI=1S/C51H32N4/c1-2-12-35(13-3-1)48-30-49(40-24-25-47(53-32-40)39-16-10-26-52-31-39)55-50(54-48)38-23-22-34-21-20-33-11-6-8-18-43(33)51(45(34)29-38)44-19-9-7-17-41(44)42-27-36-14-4-5-15-37(36)28-46(42)51/h1-32H. The molecule has 0 fully saturated rings. The second-order valence-corrected chi connectivity index (χ2v) is 14.3. The zero-order valence-corrected chi connectivity index (χ0v) is 29.8. The topological polar surface area (TPSA) is 51.6 Å². The summed E-state index contributed by atoms with van der Waals surface area (Å²) in [5.41, 5.74) is 15.8. The molecule has 6 aromatic carbocycles. The molecule has 3 aromatic heterocycles. The highest BCUT2D eigenvalue weighted by Crippen LogP contribution is 2.59. The first-order valence-electron chi connectivity index (χ1n) is 18.6. The average molecular weight is 701 g/mol. The number of hydrogen-bond acceptors (Lipinski definition) is 4. The van der Waals surface area contributed by atoms with Gasteiger partial charge in [0.05, 0.1) is 22.5 Å². The fourth-order valence-corrected chi connectivity index (χ4v) is 8.73. The predicted octanol–water partition coefficient (Wildman–Crippen LogP) is 11.9. The van der Waals surface area contributed by atoms with Gasteiger partial charge in [0, 0.05) is 40.8 Å².